The second-order valence-corrected chi connectivity index (χ2v) is 4.10. The van der Waals surface area contributed by atoms with Crippen LogP contribution < -0.4 is 10.1 Å². The quantitative estimate of drug-likeness (QED) is 0.865. The average Bonchev–Trinajstić information content (AvgIpc) is 2.32. The van der Waals surface area contributed by atoms with Crippen molar-refractivity contribution in [3.05, 3.63) is 28.8 Å². The van der Waals surface area contributed by atoms with Crippen LogP contribution in [0.1, 0.15) is 30.0 Å². The van der Waals surface area contributed by atoms with Crippen LogP contribution in [0.4, 0.5) is 0 Å². The van der Waals surface area contributed by atoms with Crippen molar-refractivity contribution >= 4 is 5.91 Å². The molecule has 0 aromatic heterocycles. The lowest BCUT2D eigenvalue weighted by atomic mass is 10.1. The highest BCUT2D eigenvalue weighted by Gasteiger charge is 2.07. The first-order chi connectivity index (χ1) is 8.58. The van der Waals surface area contributed by atoms with Crippen LogP contribution in [0.3, 0.4) is 0 Å². The third-order valence-electron chi connectivity index (χ3n) is 2.54. The van der Waals surface area contributed by atoms with Crippen molar-refractivity contribution in [1.82, 2.24) is 5.32 Å². The predicted molar refractivity (Wildman–Crippen MR) is 69.4 cm³/mol. The summed E-state index contributed by atoms with van der Waals surface area (Å²) in [6.45, 7) is 6.66. The van der Waals surface area contributed by atoms with Gasteiger partial charge in [0.15, 0.2) is 0 Å². The standard InChI is InChI=1S/C14H18N2O2/c1-4-16-13(17)5-6-18-14-10(2)7-12(9-15)8-11(14)3/h7-8H,4-6H2,1-3H3,(H,16,17). The van der Waals surface area contributed by atoms with Crippen molar-refractivity contribution in [1.29, 1.82) is 5.26 Å². The van der Waals surface area contributed by atoms with Gasteiger partial charge in [0.25, 0.3) is 0 Å². The number of aryl methyl sites for hydroxylation is 2. The van der Waals surface area contributed by atoms with Crippen LogP contribution in [0.25, 0.3) is 0 Å². The molecule has 1 aromatic rings. The molecule has 4 nitrogen and oxygen atoms in total. The molecule has 0 fully saturated rings. The number of nitrogens with one attached hydrogen (secondary N) is 1. The van der Waals surface area contributed by atoms with Crippen LogP contribution in [-0.4, -0.2) is 19.1 Å². The van der Waals surface area contributed by atoms with Crippen LogP contribution in [0.15, 0.2) is 12.1 Å². The molecule has 0 aliphatic heterocycles. The van der Waals surface area contributed by atoms with E-state index < -0.39 is 0 Å². The van der Waals surface area contributed by atoms with Crippen molar-refractivity contribution in [2.24, 2.45) is 0 Å². The van der Waals surface area contributed by atoms with Gasteiger partial charge in [-0.1, -0.05) is 0 Å². The molecule has 0 saturated carbocycles. The Labute approximate surface area is 108 Å². The minimum Gasteiger partial charge on any atom is -0.493 e. The summed E-state index contributed by atoms with van der Waals surface area (Å²) in [7, 11) is 0. The first-order valence-electron chi connectivity index (χ1n) is 5.99. The second-order valence-electron chi connectivity index (χ2n) is 4.10. The number of nitriles is 1. The van der Waals surface area contributed by atoms with Crippen LogP contribution in [0, 0.1) is 25.2 Å². The molecule has 0 spiro atoms. The predicted octanol–water partition coefficient (Wildman–Crippen LogP) is 2.08. The summed E-state index contributed by atoms with van der Waals surface area (Å²) in [6, 6.07) is 5.68. The van der Waals surface area contributed by atoms with E-state index >= 15 is 0 Å². The van der Waals surface area contributed by atoms with Crippen molar-refractivity contribution in [2.75, 3.05) is 13.2 Å². The molecule has 1 amide bonds. The topological polar surface area (TPSA) is 62.1 Å². The fourth-order valence-electron chi connectivity index (χ4n) is 1.77. The maximum atomic E-state index is 11.3. The first-order valence-corrected chi connectivity index (χ1v) is 5.99. The lowest BCUT2D eigenvalue weighted by Crippen LogP contribution is -2.24. The molecule has 96 valence electrons. The summed E-state index contributed by atoms with van der Waals surface area (Å²) in [5.74, 6) is 0.750. The van der Waals surface area contributed by atoms with E-state index in [0.29, 0.717) is 25.1 Å². The van der Waals surface area contributed by atoms with Gasteiger partial charge in [-0.25, -0.2) is 0 Å². The largest absolute Gasteiger partial charge is 0.493 e. The SMILES string of the molecule is CCNC(=O)CCOc1c(C)cc(C#N)cc1C. The van der Waals surface area contributed by atoms with Gasteiger partial charge in [-0.3, -0.25) is 4.79 Å². The van der Waals surface area contributed by atoms with Gasteiger partial charge in [0.2, 0.25) is 5.91 Å². The molecule has 0 saturated heterocycles. The molecule has 18 heavy (non-hydrogen) atoms. The number of rotatable bonds is 5. The van der Waals surface area contributed by atoms with Gasteiger partial charge in [0.05, 0.1) is 24.7 Å². The van der Waals surface area contributed by atoms with Crippen LogP contribution in [0.2, 0.25) is 0 Å². The summed E-state index contributed by atoms with van der Waals surface area (Å²) in [5, 5.41) is 11.6. The Bertz CT molecular complexity index is 452. The van der Waals surface area contributed by atoms with Crippen LogP contribution in [-0.2, 0) is 4.79 Å². The zero-order valence-electron chi connectivity index (χ0n) is 11.0. The zero-order valence-corrected chi connectivity index (χ0v) is 11.0. The van der Waals surface area contributed by atoms with Crippen molar-refractivity contribution in [2.45, 2.75) is 27.2 Å². The minimum absolute atomic E-state index is 0.0125. The second kappa shape index (κ2) is 6.65. The molecule has 0 aliphatic carbocycles. The molecule has 0 radical (unpaired) electrons. The van der Waals surface area contributed by atoms with E-state index in [4.69, 9.17) is 10.00 Å². The Morgan fingerprint density at radius 1 is 1.39 bits per heavy atom. The van der Waals surface area contributed by atoms with E-state index in [1.165, 1.54) is 0 Å². The van der Waals surface area contributed by atoms with E-state index in [1.54, 1.807) is 12.1 Å². The third kappa shape index (κ3) is 3.77. The molecule has 0 aliphatic rings. The van der Waals surface area contributed by atoms with E-state index in [2.05, 4.69) is 11.4 Å². The van der Waals surface area contributed by atoms with Gasteiger partial charge in [-0.2, -0.15) is 5.26 Å². The fraction of sp³-hybridized carbons (Fsp3) is 0.429. The van der Waals surface area contributed by atoms with Gasteiger partial charge in [0, 0.05) is 6.54 Å². The molecule has 0 bridgehead atoms. The van der Waals surface area contributed by atoms with Gasteiger partial charge < -0.3 is 10.1 Å². The van der Waals surface area contributed by atoms with Crippen molar-refractivity contribution in [3.8, 4) is 11.8 Å². The smallest absolute Gasteiger partial charge is 0.223 e. The first kappa shape index (κ1) is 14.0. The van der Waals surface area contributed by atoms with Crippen molar-refractivity contribution in [3.63, 3.8) is 0 Å². The average molecular weight is 246 g/mol. The highest BCUT2D eigenvalue weighted by Crippen LogP contribution is 2.24. The van der Waals surface area contributed by atoms with Crippen LogP contribution >= 0.6 is 0 Å². The minimum atomic E-state index is -0.0125. The molecule has 1 rings (SSSR count). The van der Waals surface area contributed by atoms with E-state index in [0.717, 1.165) is 16.9 Å². The summed E-state index contributed by atoms with van der Waals surface area (Å²) in [5.41, 5.74) is 2.46. The van der Waals surface area contributed by atoms with E-state index in [-0.39, 0.29) is 5.91 Å². The maximum absolute atomic E-state index is 11.3. The molecule has 0 atom stereocenters. The number of nitrogens with zero attached hydrogens (tertiary/aromatic N) is 1. The number of amides is 1. The Hall–Kier alpha value is -2.02. The molecule has 1 aromatic carbocycles. The Morgan fingerprint density at radius 2 is 2.00 bits per heavy atom. The van der Waals surface area contributed by atoms with E-state index in [1.807, 2.05) is 20.8 Å². The molecular formula is C14H18N2O2. The Kier molecular flexibility index (Phi) is 5.19. The zero-order chi connectivity index (χ0) is 13.5. The summed E-state index contributed by atoms with van der Waals surface area (Å²) >= 11 is 0. The van der Waals surface area contributed by atoms with Crippen LogP contribution in [0.5, 0.6) is 5.75 Å². The lowest BCUT2D eigenvalue weighted by molar-refractivity contribution is -0.121. The van der Waals surface area contributed by atoms with Crippen molar-refractivity contribution < 1.29 is 9.53 Å². The molecular weight excluding hydrogens is 228 g/mol. The number of hydrogen-bond donors (Lipinski definition) is 1. The maximum Gasteiger partial charge on any atom is 0.223 e. The molecule has 1 N–H and O–H groups in total. The number of benzene rings is 1. The number of ether oxygens (including phenoxy) is 1. The highest BCUT2D eigenvalue weighted by atomic mass is 16.5. The summed E-state index contributed by atoms with van der Waals surface area (Å²) in [6.07, 6.45) is 0.340. The highest BCUT2D eigenvalue weighted by molar-refractivity contribution is 5.75. The normalized spacial score (nSPS) is 9.67. The third-order valence-corrected chi connectivity index (χ3v) is 2.54. The fourth-order valence-corrected chi connectivity index (χ4v) is 1.77. The van der Waals surface area contributed by atoms with Gasteiger partial charge >= 0.3 is 0 Å². The monoisotopic (exact) mass is 246 g/mol. The number of hydrogen-bond acceptors (Lipinski definition) is 3. The number of carbonyl (C=O) groups excluding carboxylic acids is 1. The van der Waals surface area contributed by atoms with Gasteiger partial charge in [-0.05, 0) is 44.0 Å². The summed E-state index contributed by atoms with van der Waals surface area (Å²) < 4.78 is 5.61. The molecule has 0 unspecified atom stereocenters. The van der Waals surface area contributed by atoms with Gasteiger partial charge in [-0.15, -0.1) is 0 Å². The molecule has 4 heteroatoms. The van der Waals surface area contributed by atoms with E-state index in [9.17, 15) is 4.79 Å². The Morgan fingerprint density at radius 3 is 2.50 bits per heavy atom. The summed E-state index contributed by atoms with van der Waals surface area (Å²) in [4.78, 5) is 11.3. The Balaban J connectivity index is 2.63. The lowest BCUT2D eigenvalue weighted by Gasteiger charge is -2.12. The number of carbonyl (C=O) groups is 1. The van der Waals surface area contributed by atoms with Gasteiger partial charge in [0.1, 0.15) is 5.75 Å². The molecule has 0 heterocycles.